The summed E-state index contributed by atoms with van der Waals surface area (Å²) in [7, 11) is 0. The maximum absolute atomic E-state index is 11.5. The van der Waals surface area contributed by atoms with E-state index in [0.29, 0.717) is 18.5 Å². The van der Waals surface area contributed by atoms with Gasteiger partial charge >= 0.3 is 5.69 Å². The second kappa shape index (κ2) is 4.44. The summed E-state index contributed by atoms with van der Waals surface area (Å²) in [6.07, 6.45) is 2.83. The van der Waals surface area contributed by atoms with Gasteiger partial charge in [0, 0.05) is 25.6 Å². The summed E-state index contributed by atoms with van der Waals surface area (Å²) >= 11 is 0. The molecule has 1 aromatic heterocycles. The zero-order valence-electron chi connectivity index (χ0n) is 8.66. The van der Waals surface area contributed by atoms with Gasteiger partial charge in [0.2, 0.25) is 0 Å². The summed E-state index contributed by atoms with van der Waals surface area (Å²) in [5.74, 6) is 0.108. The van der Waals surface area contributed by atoms with Crippen LogP contribution in [0.5, 0.6) is 0 Å². The SMILES string of the molecule is O=C1CCC[N]C(c2c[nH]c(=O)[nH]c2=O)C1. The van der Waals surface area contributed by atoms with Crippen molar-refractivity contribution in [1.82, 2.24) is 15.3 Å². The molecular formula is C10H12N3O3. The third-order valence-corrected chi connectivity index (χ3v) is 2.59. The number of aromatic nitrogens is 2. The van der Waals surface area contributed by atoms with Gasteiger partial charge in [-0.3, -0.25) is 14.6 Å². The van der Waals surface area contributed by atoms with Gasteiger partial charge in [-0.15, -0.1) is 0 Å². The molecule has 0 aromatic carbocycles. The highest BCUT2D eigenvalue weighted by Crippen LogP contribution is 2.18. The van der Waals surface area contributed by atoms with Crippen LogP contribution in [0.15, 0.2) is 15.8 Å². The predicted octanol–water partition coefficient (Wildman–Crippen LogP) is -0.538. The number of carbonyl (C=O) groups is 1. The van der Waals surface area contributed by atoms with E-state index in [1.165, 1.54) is 6.20 Å². The minimum atomic E-state index is -0.548. The topological polar surface area (TPSA) is 96.9 Å². The van der Waals surface area contributed by atoms with Crippen molar-refractivity contribution >= 4 is 5.78 Å². The first-order valence-electron chi connectivity index (χ1n) is 5.17. The Morgan fingerprint density at radius 2 is 2.12 bits per heavy atom. The third kappa shape index (κ3) is 2.27. The number of H-pyrrole nitrogens is 2. The lowest BCUT2D eigenvalue weighted by Gasteiger charge is -2.11. The van der Waals surface area contributed by atoms with Crippen LogP contribution >= 0.6 is 0 Å². The molecule has 1 atom stereocenters. The fourth-order valence-corrected chi connectivity index (χ4v) is 1.78. The number of hydrogen-bond acceptors (Lipinski definition) is 3. The van der Waals surface area contributed by atoms with Gasteiger partial charge < -0.3 is 4.98 Å². The van der Waals surface area contributed by atoms with E-state index >= 15 is 0 Å². The molecule has 0 spiro atoms. The Labute approximate surface area is 91.1 Å². The molecule has 1 aromatic rings. The van der Waals surface area contributed by atoms with Gasteiger partial charge in [0.05, 0.1) is 11.6 Å². The number of rotatable bonds is 1. The Bertz CT molecular complexity index is 503. The van der Waals surface area contributed by atoms with Crippen LogP contribution in [0.2, 0.25) is 0 Å². The van der Waals surface area contributed by atoms with E-state index in [2.05, 4.69) is 15.3 Å². The molecule has 1 aliphatic rings. The van der Waals surface area contributed by atoms with Crippen LogP contribution in [0, 0.1) is 0 Å². The van der Waals surface area contributed by atoms with Crippen molar-refractivity contribution in [3.05, 3.63) is 32.6 Å². The fourth-order valence-electron chi connectivity index (χ4n) is 1.78. The fraction of sp³-hybridized carbons (Fsp3) is 0.500. The molecule has 2 heterocycles. The van der Waals surface area contributed by atoms with Gasteiger partial charge in [0.15, 0.2) is 0 Å². The highest BCUT2D eigenvalue weighted by molar-refractivity contribution is 5.79. The quantitative estimate of drug-likeness (QED) is 0.667. The summed E-state index contributed by atoms with van der Waals surface area (Å²) in [5.41, 5.74) is -0.657. The summed E-state index contributed by atoms with van der Waals surface area (Å²) in [5, 5.41) is 4.27. The van der Waals surface area contributed by atoms with Crippen molar-refractivity contribution in [3.8, 4) is 0 Å². The maximum atomic E-state index is 11.5. The lowest BCUT2D eigenvalue weighted by Crippen LogP contribution is -2.29. The maximum Gasteiger partial charge on any atom is 0.325 e. The molecule has 0 aliphatic carbocycles. The summed E-state index contributed by atoms with van der Waals surface area (Å²) in [6, 6.07) is -0.421. The molecule has 6 heteroatoms. The van der Waals surface area contributed by atoms with E-state index < -0.39 is 17.3 Å². The Hall–Kier alpha value is -1.69. The predicted molar refractivity (Wildman–Crippen MR) is 56.3 cm³/mol. The lowest BCUT2D eigenvalue weighted by molar-refractivity contribution is -0.119. The number of nitrogens with zero attached hydrogens (tertiary/aromatic N) is 1. The van der Waals surface area contributed by atoms with Crippen molar-refractivity contribution in [3.63, 3.8) is 0 Å². The van der Waals surface area contributed by atoms with Gasteiger partial charge in [-0.1, -0.05) is 0 Å². The Balaban J connectivity index is 2.32. The smallest absolute Gasteiger partial charge is 0.314 e. The molecule has 1 aliphatic heterocycles. The molecule has 2 N–H and O–H groups in total. The molecule has 6 nitrogen and oxygen atoms in total. The van der Waals surface area contributed by atoms with E-state index in [0.717, 1.165) is 6.42 Å². The molecule has 1 radical (unpaired) electrons. The zero-order chi connectivity index (χ0) is 11.5. The minimum absolute atomic E-state index is 0.108. The molecule has 0 bridgehead atoms. The number of aromatic amines is 2. The largest absolute Gasteiger partial charge is 0.325 e. The molecule has 0 amide bonds. The lowest BCUT2D eigenvalue weighted by atomic mass is 10.0. The second-order valence-corrected chi connectivity index (χ2v) is 3.80. The van der Waals surface area contributed by atoms with E-state index in [4.69, 9.17) is 0 Å². The van der Waals surface area contributed by atoms with E-state index in [-0.39, 0.29) is 12.2 Å². The van der Waals surface area contributed by atoms with E-state index in [1.807, 2.05) is 0 Å². The van der Waals surface area contributed by atoms with Crippen LogP contribution < -0.4 is 16.6 Å². The first kappa shape index (κ1) is 10.8. The first-order valence-corrected chi connectivity index (χ1v) is 5.17. The highest BCUT2D eigenvalue weighted by atomic mass is 16.2. The van der Waals surface area contributed by atoms with Gasteiger partial charge in [-0.25, -0.2) is 10.1 Å². The van der Waals surface area contributed by atoms with Crippen LogP contribution in [-0.2, 0) is 4.79 Å². The number of hydrogen-bond donors (Lipinski definition) is 2. The third-order valence-electron chi connectivity index (χ3n) is 2.59. The number of ketones is 1. The average Bonchev–Trinajstić information content (AvgIpc) is 2.43. The van der Waals surface area contributed by atoms with Crippen molar-refractivity contribution in [2.75, 3.05) is 6.54 Å². The van der Waals surface area contributed by atoms with Crippen LogP contribution in [0.1, 0.15) is 30.9 Å². The van der Waals surface area contributed by atoms with Crippen LogP contribution in [0.4, 0.5) is 0 Å². The van der Waals surface area contributed by atoms with Gasteiger partial charge in [0.1, 0.15) is 5.78 Å². The zero-order valence-corrected chi connectivity index (χ0v) is 8.66. The van der Waals surface area contributed by atoms with Crippen LogP contribution in [-0.4, -0.2) is 22.3 Å². The average molecular weight is 222 g/mol. The number of carbonyl (C=O) groups excluding carboxylic acids is 1. The van der Waals surface area contributed by atoms with Crippen molar-refractivity contribution in [2.45, 2.75) is 25.3 Å². The second-order valence-electron chi connectivity index (χ2n) is 3.80. The van der Waals surface area contributed by atoms with E-state index in [1.54, 1.807) is 0 Å². The summed E-state index contributed by atoms with van der Waals surface area (Å²) < 4.78 is 0. The van der Waals surface area contributed by atoms with Gasteiger partial charge in [0.25, 0.3) is 5.56 Å². The molecular weight excluding hydrogens is 210 g/mol. The van der Waals surface area contributed by atoms with Crippen molar-refractivity contribution in [2.24, 2.45) is 0 Å². The molecule has 1 saturated heterocycles. The molecule has 2 rings (SSSR count). The minimum Gasteiger partial charge on any atom is -0.314 e. The molecule has 0 saturated carbocycles. The summed E-state index contributed by atoms with van der Waals surface area (Å²) in [6.45, 7) is 0.578. The number of Topliss-reactive ketones (excluding diaryl/α,β-unsaturated/α-hetero) is 1. The number of nitrogens with one attached hydrogen (secondary N) is 2. The molecule has 85 valence electrons. The van der Waals surface area contributed by atoms with Gasteiger partial charge in [-0.2, -0.15) is 0 Å². The highest BCUT2D eigenvalue weighted by Gasteiger charge is 2.22. The Morgan fingerprint density at radius 1 is 1.31 bits per heavy atom. The Morgan fingerprint density at radius 3 is 2.88 bits per heavy atom. The standard InChI is InChI=1S/C10H12N3O3/c14-6-2-1-3-11-8(4-6)7-5-12-10(16)13-9(7)15/h5,8H,1-4H2,(H2,12,13,15,16). The van der Waals surface area contributed by atoms with Crippen LogP contribution in [0.3, 0.4) is 0 Å². The van der Waals surface area contributed by atoms with Crippen molar-refractivity contribution < 1.29 is 4.79 Å². The molecule has 1 unspecified atom stereocenters. The van der Waals surface area contributed by atoms with E-state index in [9.17, 15) is 14.4 Å². The first-order chi connectivity index (χ1) is 7.66. The van der Waals surface area contributed by atoms with Crippen molar-refractivity contribution in [1.29, 1.82) is 0 Å². The normalized spacial score (nSPS) is 21.8. The molecule has 16 heavy (non-hydrogen) atoms. The van der Waals surface area contributed by atoms with Crippen LogP contribution in [0.25, 0.3) is 0 Å². The van der Waals surface area contributed by atoms with Gasteiger partial charge in [-0.05, 0) is 6.42 Å². The summed E-state index contributed by atoms with van der Waals surface area (Å²) in [4.78, 5) is 38.3. The molecule has 1 fully saturated rings. The Kier molecular flexibility index (Phi) is 3.00. The monoisotopic (exact) mass is 222 g/mol.